The third kappa shape index (κ3) is 5.20. The fourth-order valence-corrected chi connectivity index (χ4v) is 5.14. The lowest BCUT2D eigenvalue weighted by Gasteiger charge is -2.19. The first kappa shape index (κ1) is 24.3. The number of aliphatic hydroxyl groups is 1. The summed E-state index contributed by atoms with van der Waals surface area (Å²) < 4.78 is 44.5. The van der Waals surface area contributed by atoms with Gasteiger partial charge >= 0.3 is 6.03 Å². The van der Waals surface area contributed by atoms with Crippen LogP contribution in [0.1, 0.15) is 69.5 Å². The number of anilines is 1. The van der Waals surface area contributed by atoms with Gasteiger partial charge in [0, 0.05) is 10.4 Å². The van der Waals surface area contributed by atoms with Crippen LogP contribution in [-0.2, 0) is 15.5 Å². The number of halogens is 2. The van der Waals surface area contributed by atoms with E-state index in [1.165, 1.54) is 13.8 Å². The van der Waals surface area contributed by atoms with Gasteiger partial charge in [-0.05, 0) is 31.7 Å². The molecule has 0 aliphatic carbocycles. The van der Waals surface area contributed by atoms with Crippen molar-refractivity contribution in [1.29, 1.82) is 0 Å². The van der Waals surface area contributed by atoms with Crippen molar-refractivity contribution >= 4 is 33.0 Å². The summed E-state index contributed by atoms with van der Waals surface area (Å²) >= 11 is 0.669. The van der Waals surface area contributed by atoms with Crippen molar-refractivity contribution in [1.82, 2.24) is 4.98 Å². The largest absolute Gasteiger partial charge is 0.385 e. The Morgan fingerprint density at radius 2 is 1.87 bits per heavy atom. The van der Waals surface area contributed by atoms with Gasteiger partial charge in [-0.25, -0.2) is 22.9 Å². The third-order valence-corrected chi connectivity index (χ3v) is 7.55. The van der Waals surface area contributed by atoms with E-state index in [4.69, 9.17) is 5.14 Å². The van der Waals surface area contributed by atoms with Gasteiger partial charge in [-0.2, -0.15) is 0 Å². The molecule has 11 heteroatoms. The van der Waals surface area contributed by atoms with Crippen molar-refractivity contribution in [3.05, 3.63) is 40.0 Å². The van der Waals surface area contributed by atoms with E-state index in [9.17, 15) is 22.9 Å². The highest BCUT2D eigenvalue weighted by Crippen LogP contribution is 2.34. The lowest BCUT2D eigenvalue weighted by atomic mass is 9.96. The van der Waals surface area contributed by atoms with Crippen molar-refractivity contribution < 1.29 is 22.9 Å². The predicted octanol–water partition coefficient (Wildman–Crippen LogP) is 4.83. The summed E-state index contributed by atoms with van der Waals surface area (Å²) in [7, 11) is -3.94. The number of hydrogen-bond acceptors (Lipinski definition) is 5. The number of rotatable bonds is 5. The quantitative estimate of drug-likeness (QED) is 0.592. The number of urea groups is 1. The van der Waals surface area contributed by atoms with Gasteiger partial charge in [0.2, 0.25) is 0 Å². The molecule has 4 N–H and O–H groups in total. The van der Waals surface area contributed by atoms with Crippen LogP contribution in [-0.4, -0.2) is 20.3 Å². The summed E-state index contributed by atoms with van der Waals surface area (Å²) in [5.74, 6) is -1.96. The molecule has 2 heterocycles. The van der Waals surface area contributed by atoms with E-state index >= 15 is 0 Å². The average molecular weight is 461 g/mol. The molecule has 0 aliphatic heterocycles. The molecule has 1 atom stereocenters. The van der Waals surface area contributed by atoms with Crippen LogP contribution < -0.4 is 10.5 Å². The Balaban J connectivity index is 2.51. The van der Waals surface area contributed by atoms with Crippen molar-refractivity contribution in [2.45, 2.75) is 63.2 Å². The molecule has 2 aromatic rings. The molecular weight excluding hydrogens is 434 g/mol. The van der Waals surface area contributed by atoms with E-state index in [-0.39, 0.29) is 28.0 Å². The summed E-state index contributed by atoms with van der Waals surface area (Å²) in [5.41, 5.74) is -0.591. The Kier molecular flexibility index (Phi) is 7.02. The average Bonchev–Trinajstić information content (AvgIpc) is 2.96. The van der Waals surface area contributed by atoms with Gasteiger partial charge in [0.15, 0.2) is 19.9 Å². The molecule has 2 rings (SSSR count). The molecule has 0 spiro atoms. The summed E-state index contributed by atoms with van der Waals surface area (Å²) in [6.45, 7) is 10.0. The molecule has 0 radical (unpaired) electrons. The number of nitrogens with one attached hydrogen (secondary N) is 1. The number of nitrogens with zero attached hydrogens (tertiary/aromatic N) is 2. The molecule has 1 unspecified atom stereocenters. The highest BCUT2D eigenvalue weighted by Gasteiger charge is 2.27. The SMILES string of the molecule is CC(C)c1ncc(F)c(C(C)C)c1NC(=O)N=S(N)(=O)c1sc(C(C)(C)O)cc1F. The Bertz CT molecular complexity index is 1080. The van der Waals surface area contributed by atoms with Crippen LogP contribution in [0.3, 0.4) is 0 Å². The lowest BCUT2D eigenvalue weighted by Crippen LogP contribution is -2.20. The van der Waals surface area contributed by atoms with Crippen LogP contribution in [0.4, 0.5) is 19.3 Å². The Morgan fingerprint density at radius 3 is 2.33 bits per heavy atom. The van der Waals surface area contributed by atoms with Crippen LogP contribution in [0.5, 0.6) is 0 Å². The minimum absolute atomic E-state index is 0.132. The smallest absolute Gasteiger partial charge is 0.354 e. The van der Waals surface area contributed by atoms with Crippen molar-refractivity contribution in [3.8, 4) is 0 Å². The van der Waals surface area contributed by atoms with Crippen LogP contribution in [0.25, 0.3) is 0 Å². The van der Waals surface area contributed by atoms with Crippen LogP contribution in [0, 0.1) is 11.6 Å². The lowest BCUT2D eigenvalue weighted by molar-refractivity contribution is 0.0823. The zero-order valence-corrected chi connectivity index (χ0v) is 19.3. The number of amides is 2. The molecule has 0 aromatic carbocycles. The molecule has 30 heavy (non-hydrogen) atoms. The van der Waals surface area contributed by atoms with E-state index in [1.807, 2.05) is 13.8 Å². The van der Waals surface area contributed by atoms with Crippen molar-refractivity contribution in [2.75, 3.05) is 5.32 Å². The summed E-state index contributed by atoms with van der Waals surface area (Å²) in [6.07, 6.45) is 1.09. The molecule has 0 fully saturated rings. The van der Waals surface area contributed by atoms with Gasteiger partial charge in [-0.3, -0.25) is 4.98 Å². The topological polar surface area (TPSA) is 118 Å². The molecule has 0 saturated heterocycles. The van der Waals surface area contributed by atoms with Gasteiger partial charge in [0.1, 0.15) is 5.82 Å². The normalized spacial score (nSPS) is 14.1. The highest BCUT2D eigenvalue weighted by molar-refractivity contribution is 7.93. The first-order valence-corrected chi connectivity index (χ1v) is 11.6. The predicted molar refractivity (Wildman–Crippen MR) is 114 cm³/mol. The summed E-state index contributed by atoms with van der Waals surface area (Å²) in [6, 6.07) is -0.110. The summed E-state index contributed by atoms with van der Waals surface area (Å²) in [5, 5.41) is 18.1. The number of pyridine rings is 1. The van der Waals surface area contributed by atoms with Crippen LogP contribution in [0.2, 0.25) is 0 Å². The standard InChI is InChI=1S/C19H26F2N4O3S2/c1-9(2)14-12(21)8-23-15(10(3)4)16(14)24-18(26)25-30(22,28)17-11(20)7-13(29-17)19(5,6)27/h7-10,27H,1-6H3,(H3,22,24,25,26,28). The van der Waals surface area contributed by atoms with E-state index < -0.39 is 37.4 Å². The second-order valence-electron chi connectivity index (χ2n) is 7.98. The number of aromatic nitrogens is 1. The number of nitrogens with two attached hydrogens (primary N) is 1. The Hall–Kier alpha value is -1.95. The highest BCUT2D eigenvalue weighted by atomic mass is 32.2. The summed E-state index contributed by atoms with van der Waals surface area (Å²) in [4.78, 5) is 16.8. The fraction of sp³-hybridized carbons (Fsp3) is 0.474. The van der Waals surface area contributed by atoms with E-state index in [0.717, 1.165) is 12.3 Å². The molecule has 2 amide bonds. The first-order valence-electron chi connectivity index (χ1n) is 9.21. The van der Waals surface area contributed by atoms with Crippen molar-refractivity contribution in [3.63, 3.8) is 0 Å². The van der Waals surface area contributed by atoms with Gasteiger partial charge in [-0.1, -0.05) is 27.7 Å². The molecule has 0 saturated carbocycles. The van der Waals surface area contributed by atoms with Gasteiger partial charge in [-0.15, -0.1) is 15.7 Å². The maximum absolute atomic E-state index is 14.4. The van der Waals surface area contributed by atoms with Crippen LogP contribution in [0.15, 0.2) is 20.8 Å². The van der Waals surface area contributed by atoms with Crippen molar-refractivity contribution in [2.24, 2.45) is 9.50 Å². The minimum Gasteiger partial charge on any atom is -0.385 e. The Labute approximate surface area is 179 Å². The molecule has 0 bridgehead atoms. The number of hydrogen-bond donors (Lipinski definition) is 3. The van der Waals surface area contributed by atoms with E-state index in [2.05, 4.69) is 14.7 Å². The van der Waals surface area contributed by atoms with Crippen LogP contribution >= 0.6 is 11.3 Å². The second-order valence-corrected chi connectivity index (χ2v) is 11.0. The number of carbonyl (C=O) groups excluding carboxylic acids is 1. The van der Waals surface area contributed by atoms with Gasteiger partial charge in [0.25, 0.3) is 0 Å². The maximum atomic E-state index is 14.4. The molecule has 2 aromatic heterocycles. The third-order valence-electron chi connectivity index (χ3n) is 4.20. The molecule has 7 nitrogen and oxygen atoms in total. The molecular formula is C19H26F2N4O3S2. The Morgan fingerprint density at radius 1 is 1.27 bits per heavy atom. The minimum atomic E-state index is -3.94. The van der Waals surface area contributed by atoms with Gasteiger partial charge in [0.05, 0.1) is 23.2 Å². The molecule has 0 aliphatic rings. The maximum Gasteiger partial charge on any atom is 0.354 e. The number of thiophene rings is 1. The fourth-order valence-electron chi connectivity index (χ4n) is 2.80. The zero-order chi connectivity index (χ0) is 23.0. The first-order chi connectivity index (χ1) is 13.6. The number of carbonyl (C=O) groups is 1. The zero-order valence-electron chi connectivity index (χ0n) is 17.6. The van der Waals surface area contributed by atoms with E-state index in [1.54, 1.807) is 13.8 Å². The van der Waals surface area contributed by atoms with E-state index in [0.29, 0.717) is 17.0 Å². The second kappa shape index (κ2) is 8.66. The monoisotopic (exact) mass is 460 g/mol. The van der Waals surface area contributed by atoms with Gasteiger partial charge < -0.3 is 10.4 Å². The molecule has 166 valence electrons.